The van der Waals surface area contributed by atoms with Gasteiger partial charge >= 0.3 is 0 Å². The van der Waals surface area contributed by atoms with Crippen LogP contribution in [0.1, 0.15) is 25.0 Å². The number of morpholine rings is 1. The Bertz CT molecular complexity index is 609. The third-order valence-electron chi connectivity index (χ3n) is 3.69. The van der Waals surface area contributed by atoms with Crippen LogP contribution in [0.4, 0.5) is 4.39 Å². The SMILES string of the molecule is CCCS(=O)(=O)CCN1CCO[C@H](c2ccc(F)cc2Cl)C1. The van der Waals surface area contributed by atoms with Crippen molar-refractivity contribution in [1.29, 1.82) is 0 Å². The Labute approximate surface area is 136 Å². The lowest BCUT2D eigenvalue weighted by Gasteiger charge is -2.33. The van der Waals surface area contributed by atoms with Crippen LogP contribution >= 0.6 is 11.6 Å². The van der Waals surface area contributed by atoms with Gasteiger partial charge < -0.3 is 4.74 Å². The summed E-state index contributed by atoms with van der Waals surface area (Å²) in [5, 5.41) is 0.338. The third kappa shape index (κ3) is 4.91. The van der Waals surface area contributed by atoms with Crippen LogP contribution in [0.2, 0.25) is 5.02 Å². The highest BCUT2D eigenvalue weighted by atomic mass is 35.5. The topological polar surface area (TPSA) is 46.6 Å². The average molecular weight is 350 g/mol. The van der Waals surface area contributed by atoms with Gasteiger partial charge in [-0.05, 0) is 18.6 Å². The molecule has 0 aliphatic carbocycles. The summed E-state index contributed by atoms with van der Waals surface area (Å²) in [4.78, 5) is 2.06. The van der Waals surface area contributed by atoms with Crippen LogP contribution in [-0.4, -0.2) is 51.1 Å². The summed E-state index contributed by atoms with van der Waals surface area (Å²) in [5.41, 5.74) is 0.740. The first-order valence-corrected chi connectivity index (χ1v) is 9.60. The molecule has 1 aromatic carbocycles. The number of ether oxygens (including phenoxy) is 1. The number of hydrogen-bond donors (Lipinski definition) is 0. The van der Waals surface area contributed by atoms with Gasteiger partial charge in [0.15, 0.2) is 9.84 Å². The van der Waals surface area contributed by atoms with Gasteiger partial charge in [0.2, 0.25) is 0 Å². The highest BCUT2D eigenvalue weighted by molar-refractivity contribution is 7.91. The van der Waals surface area contributed by atoms with Crippen LogP contribution in [-0.2, 0) is 14.6 Å². The molecular formula is C15H21ClFNO3S. The molecule has 1 atom stereocenters. The van der Waals surface area contributed by atoms with Gasteiger partial charge in [0.1, 0.15) is 5.82 Å². The molecule has 1 saturated heterocycles. The van der Waals surface area contributed by atoms with E-state index < -0.39 is 9.84 Å². The minimum atomic E-state index is -2.99. The predicted octanol–water partition coefficient (Wildman–Crippen LogP) is 2.68. The van der Waals surface area contributed by atoms with E-state index in [0.29, 0.717) is 37.7 Å². The molecule has 0 bridgehead atoms. The fourth-order valence-electron chi connectivity index (χ4n) is 2.54. The van der Waals surface area contributed by atoms with Crippen LogP contribution in [0, 0.1) is 5.82 Å². The molecule has 22 heavy (non-hydrogen) atoms. The average Bonchev–Trinajstić information content (AvgIpc) is 2.45. The van der Waals surface area contributed by atoms with Gasteiger partial charge in [0, 0.05) is 36.0 Å². The van der Waals surface area contributed by atoms with Crippen molar-refractivity contribution in [2.24, 2.45) is 0 Å². The van der Waals surface area contributed by atoms with E-state index in [9.17, 15) is 12.8 Å². The normalized spacial score (nSPS) is 20.2. The lowest BCUT2D eigenvalue weighted by molar-refractivity contribution is -0.0278. The molecule has 0 radical (unpaired) electrons. The van der Waals surface area contributed by atoms with Crippen LogP contribution in [0.5, 0.6) is 0 Å². The Morgan fingerprint density at radius 1 is 1.41 bits per heavy atom. The Morgan fingerprint density at radius 2 is 2.18 bits per heavy atom. The smallest absolute Gasteiger partial charge is 0.151 e. The lowest BCUT2D eigenvalue weighted by Crippen LogP contribution is -2.41. The molecule has 1 fully saturated rings. The highest BCUT2D eigenvalue weighted by Gasteiger charge is 2.24. The standard InChI is InChI=1S/C15H21ClFNO3S/c1-2-8-22(19,20)9-6-18-5-7-21-15(11-18)13-4-3-12(17)10-14(13)16/h3-4,10,15H,2,5-9,11H2,1H3/t15-/m0/s1. The highest BCUT2D eigenvalue weighted by Crippen LogP contribution is 2.29. The first-order chi connectivity index (χ1) is 10.4. The van der Waals surface area contributed by atoms with Crippen molar-refractivity contribution >= 4 is 21.4 Å². The Balaban J connectivity index is 1.97. The van der Waals surface area contributed by atoms with Gasteiger partial charge in [-0.2, -0.15) is 0 Å². The van der Waals surface area contributed by atoms with Gasteiger partial charge in [-0.15, -0.1) is 0 Å². The van der Waals surface area contributed by atoms with Crippen molar-refractivity contribution in [3.8, 4) is 0 Å². The van der Waals surface area contributed by atoms with Crippen molar-refractivity contribution in [3.05, 3.63) is 34.6 Å². The number of sulfone groups is 1. The van der Waals surface area contributed by atoms with Crippen molar-refractivity contribution in [3.63, 3.8) is 0 Å². The van der Waals surface area contributed by atoms with E-state index in [0.717, 1.165) is 5.56 Å². The van der Waals surface area contributed by atoms with E-state index in [1.54, 1.807) is 6.07 Å². The Morgan fingerprint density at radius 3 is 2.86 bits per heavy atom. The van der Waals surface area contributed by atoms with E-state index in [2.05, 4.69) is 4.90 Å². The van der Waals surface area contributed by atoms with Crippen LogP contribution in [0.3, 0.4) is 0 Å². The largest absolute Gasteiger partial charge is 0.371 e. The van der Waals surface area contributed by atoms with Crippen molar-refractivity contribution in [1.82, 2.24) is 4.90 Å². The maximum Gasteiger partial charge on any atom is 0.151 e. The maximum atomic E-state index is 13.1. The van der Waals surface area contributed by atoms with Gasteiger partial charge in [0.05, 0.1) is 18.5 Å². The molecule has 0 unspecified atom stereocenters. The van der Waals surface area contributed by atoms with Gasteiger partial charge in [0.25, 0.3) is 0 Å². The summed E-state index contributed by atoms with van der Waals surface area (Å²) in [6, 6.07) is 4.25. The molecule has 1 aliphatic heterocycles. The molecule has 1 aliphatic rings. The molecule has 4 nitrogen and oxygen atoms in total. The number of hydrogen-bond acceptors (Lipinski definition) is 4. The molecular weight excluding hydrogens is 329 g/mol. The maximum absolute atomic E-state index is 13.1. The number of nitrogens with zero attached hydrogens (tertiary/aromatic N) is 1. The zero-order valence-electron chi connectivity index (χ0n) is 12.6. The molecule has 0 spiro atoms. The second kappa shape index (κ2) is 7.73. The summed E-state index contributed by atoms with van der Waals surface area (Å²) < 4.78 is 42.4. The Kier molecular flexibility index (Phi) is 6.20. The van der Waals surface area contributed by atoms with Crippen LogP contribution in [0.15, 0.2) is 18.2 Å². The Hall–Kier alpha value is -0.690. The fourth-order valence-corrected chi connectivity index (χ4v) is 4.19. The molecule has 2 rings (SSSR count). The second-order valence-electron chi connectivity index (χ2n) is 5.48. The van der Waals surface area contributed by atoms with Crippen LogP contribution < -0.4 is 0 Å². The van der Waals surface area contributed by atoms with E-state index in [1.807, 2.05) is 6.92 Å². The number of halogens is 2. The molecule has 0 saturated carbocycles. The zero-order chi connectivity index (χ0) is 16.2. The van der Waals surface area contributed by atoms with E-state index >= 15 is 0 Å². The first-order valence-electron chi connectivity index (χ1n) is 7.40. The summed E-state index contributed by atoms with van der Waals surface area (Å²) in [5.74, 6) is 0.00186. The van der Waals surface area contributed by atoms with Crippen molar-refractivity contribution < 1.29 is 17.5 Å². The minimum Gasteiger partial charge on any atom is -0.371 e. The minimum absolute atomic E-state index is 0.157. The van der Waals surface area contributed by atoms with Gasteiger partial charge in [-0.1, -0.05) is 24.6 Å². The molecule has 1 heterocycles. The third-order valence-corrected chi connectivity index (χ3v) is 5.86. The summed E-state index contributed by atoms with van der Waals surface area (Å²) in [7, 11) is -2.99. The summed E-state index contributed by atoms with van der Waals surface area (Å²) in [6.07, 6.45) is 0.384. The quantitative estimate of drug-likeness (QED) is 0.792. The van der Waals surface area contributed by atoms with Gasteiger partial charge in [-0.3, -0.25) is 4.90 Å². The monoisotopic (exact) mass is 349 g/mol. The number of rotatable bonds is 6. The summed E-state index contributed by atoms with van der Waals surface area (Å²) in [6.45, 7) is 4.11. The zero-order valence-corrected chi connectivity index (χ0v) is 14.2. The summed E-state index contributed by atoms with van der Waals surface area (Å²) >= 11 is 6.07. The van der Waals surface area contributed by atoms with E-state index in [4.69, 9.17) is 16.3 Å². The fraction of sp³-hybridized carbons (Fsp3) is 0.600. The number of benzene rings is 1. The van der Waals surface area contributed by atoms with Gasteiger partial charge in [-0.25, -0.2) is 12.8 Å². The molecule has 124 valence electrons. The van der Waals surface area contributed by atoms with Crippen molar-refractivity contribution in [2.75, 3.05) is 37.7 Å². The molecule has 0 aromatic heterocycles. The second-order valence-corrected chi connectivity index (χ2v) is 8.19. The first kappa shape index (κ1) is 17.7. The molecule has 0 N–H and O–H groups in total. The molecule has 0 amide bonds. The van der Waals surface area contributed by atoms with E-state index in [-0.39, 0.29) is 23.4 Å². The van der Waals surface area contributed by atoms with Crippen LogP contribution in [0.25, 0.3) is 0 Å². The molecule has 7 heteroatoms. The van der Waals surface area contributed by atoms with Crippen molar-refractivity contribution in [2.45, 2.75) is 19.4 Å². The predicted molar refractivity (Wildman–Crippen MR) is 85.5 cm³/mol. The van der Waals surface area contributed by atoms with E-state index in [1.165, 1.54) is 12.1 Å². The lowest BCUT2D eigenvalue weighted by atomic mass is 10.1. The molecule has 1 aromatic rings.